The molecule has 0 radical (unpaired) electrons. The molecule has 2 aliphatic rings. The molecule has 122 valence electrons. The maximum Gasteiger partial charge on any atom is 0.219 e. The summed E-state index contributed by atoms with van der Waals surface area (Å²) in [4.78, 5) is 13.4. The first-order valence-electron chi connectivity index (χ1n) is 8.81. The number of amides is 1. The standard InChI is InChI=1S/C20H26N2O/c1-16(23)22-13-10-20(9-12-21,11-14-22)8-7-18-15-19(18)17-5-3-2-4-6-17/h2-6,18-19H,7-11,13-15H2,1H3. The SMILES string of the molecule is CC(=O)N1CCC(CC#N)(CCC2CC2c2ccccc2)CC1. The predicted octanol–water partition coefficient (Wildman–Crippen LogP) is 4.11. The Morgan fingerprint density at radius 1 is 1.30 bits per heavy atom. The van der Waals surface area contributed by atoms with Crippen LogP contribution >= 0.6 is 0 Å². The molecule has 1 aromatic carbocycles. The van der Waals surface area contributed by atoms with E-state index in [4.69, 9.17) is 0 Å². The van der Waals surface area contributed by atoms with E-state index in [1.54, 1.807) is 6.92 Å². The molecule has 1 amide bonds. The quantitative estimate of drug-likeness (QED) is 0.821. The lowest BCUT2D eigenvalue weighted by atomic mass is 9.72. The van der Waals surface area contributed by atoms with Gasteiger partial charge < -0.3 is 4.90 Å². The van der Waals surface area contributed by atoms with Crippen molar-refractivity contribution in [3.63, 3.8) is 0 Å². The molecule has 1 heterocycles. The Labute approximate surface area is 139 Å². The number of hydrogen-bond donors (Lipinski definition) is 0. The molecule has 0 aromatic heterocycles. The van der Waals surface area contributed by atoms with Crippen molar-refractivity contribution in [3.05, 3.63) is 35.9 Å². The number of nitrogens with zero attached hydrogens (tertiary/aromatic N) is 2. The fourth-order valence-corrected chi connectivity index (χ4v) is 4.15. The van der Waals surface area contributed by atoms with Crippen molar-refractivity contribution in [1.29, 1.82) is 5.26 Å². The van der Waals surface area contributed by atoms with Crippen molar-refractivity contribution >= 4 is 5.91 Å². The third-order valence-corrected chi connectivity index (χ3v) is 5.92. The van der Waals surface area contributed by atoms with E-state index < -0.39 is 0 Å². The molecule has 3 nitrogen and oxygen atoms in total. The molecule has 2 atom stereocenters. The molecule has 2 unspecified atom stereocenters. The van der Waals surface area contributed by atoms with Crippen molar-refractivity contribution in [1.82, 2.24) is 4.90 Å². The molecule has 1 saturated heterocycles. The summed E-state index contributed by atoms with van der Waals surface area (Å²) < 4.78 is 0. The number of hydrogen-bond acceptors (Lipinski definition) is 2. The molecule has 23 heavy (non-hydrogen) atoms. The van der Waals surface area contributed by atoms with Gasteiger partial charge in [0.2, 0.25) is 5.91 Å². The van der Waals surface area contributed by atoms with Gasteiger partial charge in [-0.1, -0.05) is 30.3 Å². The number of carbonyl (C=O) groups excluding carboxylic acids is 1. The number of rotatable bonds is 5. The van der Waals surface area contributed by atoms with Crippen LogP contribution in [0.25, 0.3) is 0 Å². The highest BCUT2D eigenvalue weighted by atomic mass is 16.2. The molecular formula is C20H26N2O. The number of piperidine rings is 1. The van der Waals surface area contributed by atoms with Gasteiger partial charge in [-0.25, -0.2) is 0 Å². The van der Waals surface area contributed by atoms with Crippen LogP contribution in [0.2, 0.25) is 0 Å². The van der Waals surface area contributed by atoms with Gasteiger partial charge >= 0.3 is 0 Å². The van der Waals surface area contributed by atoms with Crippen molar-refractivity contribution in [2.24, 2.45) is 11.3 Å². The summed E-state index contributed by atoms with van der Waals surface area (Å²) in [6.07, 6.45) is 6.28. The molecule has 1 aromatic rings. The molecule has 0 N–H and O–H groups in total. The maximum absolute atomic E-state index is 11.5. The summed E-state index contributed by atoms with van der Waals surface area (Å²) >= 11 is 0. The normalized spacial score (nSPS) is 25.7. The minimum atomic E-state index is 0.143. The van der Waals surface area contributed by atoms with E-state index in [9.17, 15) is 10.1 Å². The lowest BCUT2D eigenvalue weighted by molar-refractivity contribution is -0.131. The van der Waals surface area contributed by atoms with Gasteiger partial charge in [-0.3, -0.25) is 4.79 Å². The predicted molar refractivity (Wildman–Crippen MR) is 90.7 cm³/mol. The molecule has 1 saturated carbocycles. The highest BCUT2D eigenvalue weighted by molar-refractivity contribution is 5.73. The first-order valence-corrected chi connectivity index (χ1v) is 8.81. The Hall–Kier alpha value is -1.82. The molecule has 3 heteroatoms. The minimum absolute atomic E-state index is 0.143. The highest BCUT2D eigenvalue weighted by Gasteiger charge is 2.41. The van der Waals surface area contributed by atoms with Crippen LogP contribution in [-0.2, 0) is 4.79 Å². The molecule has 0 spiro atoms. The second-order valence-electron chi connectivity index (χ2n) is 7.39. The minimum Gasteiger partial charge on any atom is -0.343 e. The zero-order chi connectivity index (χ0) is 16.3. The number of carbonyl (C=O) groups is 1. The van der Waals surface area contributed by atoms with Gasteiger partial charge in [0.05, 0.1) is 6.07 Å². The van der Waals surface area contributed by atoms with E-state index in [-0.39, 0.29) is 11.3 Å². The van der Waals surface area contributed by atoms with Crippen LogP contribution in [0.3, 0.4) is 0 Å². The first kappa shape index (κ1) is 16.1. The Kier molecular flexibility index (Phi) is 4.71. The van der Waals surface area contributed by atoms with Crippen LogP contribution in [0.4, 0.5) is 0 Å². The fraction of sp³-hybridized carbons (Fsp3) is 0.600. The second kappa shape index (κ2) is 6.74. The highest BCUT2D eigenvalue weighted by Crippen LogP contribution is 2.52. The van der Waals surface area contributed by atoms with Gasteiger partial charge in [0.1, 0.15) is 0 Å². The zero-order valence-electron chi connectivity index (χ0n) is 14.0. The van der Waals surface area contributed by atoms with E-state index in [1.165, 1.54) is 18.4 Å². The number of likely N-dealkylation sites (tertiary alicyclic amines) is 1. The Balaban J connectivity index is 1.53. The molecule has 3 rings (SSSR count). The molecular weight excluding hydrogens is 284 g/mol. The number of nitriles is 1. The van der Waals surface area contributed by atoms with E-state index in [0.29, 0.717) is 6.42 Å². The lowest BCUT2D eigenvalue weighted by Gasteiger charge is -2.40. The van der Waals surface area contributed by atoms with Gasteiger partial charge in [-0.05, 0) is 54.9 Å². The van der Waals surface area contributed by atoms with E-state index in [2.05, 4.69) is 36.4 Å². The van der Waals surface area contributed by atoms with Crippen LogP contribution in [0.15, 0.2) is 30.3 Å². The monoisotopic (exact) mass is 310 g/mol. The van der Waals surface area contributed by atoms with Crippen molar-refractivity contribution < 1.29 is 4.79 Å². The third-order valence-electron chi connectivity index (χ3n) is 5.92. The van der Waals surface area contributed by atoms with Crippen molar-refractivity contribution in [2.45, 2.75) is 51.4 Å². The van der Waals surface area contributed by atoms with Crippen LogP contribution in [-0.4, -0.2) is 23.9 Å². The van der Waals surface area contributed by atoms with E-state index >= 15 is 0 Å². The summed E-state index contributed by atoms with van der Waals surface area (Å²) in [6.45, 7) is 3.29. The summed E-state index contributed by atoms with van der Waals surface area (Å²) in [5.41, 5.74) is 1.61. The summed E-state index contributed by atoms with van der Waals surface area (Å²) in [6, 6.07) is 13.2. The fourth-order valence-electron chi connectivity index (χ4n) is 4.15. The van der Waals surface area contributed by atoms with Crippen molar-refractivity contribution in [3.8, 4) is 6.07 Å². The zero-order valence-corrected chi connectivity index (χ0v) is 14.0. The Morgan fingerprint density at radius 3 is 2.61 bits per heavy atom. The van der Waals surface area contributed by atoms with Gasteiger partial charge in [0.25, 0.3) is 0 Å². The van der Waals surface area contributed by atoms with Crippen LogP contribution < -0.4 is 0 Å². The largest absolute Gasteiger partial charge is 0.343 e. The van der Waals surface area contributed by atoms with Gasteiger partial charge in [0, 0.05) is 26.4 Å². The Bertz CT molecular complexity index is 581. The molecule has 0 bridgehead atoms. The van der Waals surface area contributed by atoms with Gasteiger partial charge in [-0.2, -0.15) is 5.26 Å². The Morgan fingerprint density at radius 2 is 2.00 bits per heavy atom. The summed E-state index contributed by atoms with van der Waals surface area (Å²) in [5, 5.41) is 9.24. The van der Waals surface area contributed by atoms with Gasteiger partial charge in [-0.15, -0.1) is 0 Å². The molecule has 2 fully saturated rings. The lowest BCUT2D eigenvalue weighted by Crippen LogP contribution is -2.42. The van der Waals surface area contributed by atoms with Crippen LogP contribution in [0.5, 0.6) is 0 Å². The molecule has 1 aliphatic heterocycles. The van der Waals surface area contributed by atoms with Crippen LogP contribution in [0.1, 0.15) is 56.9 Å². The maximum atomic E-state index is 11.5. The van der Waals surface area contributed by atoms with Gasteiger partial charge in [0.15, 0.2) is 0 Å². The van der Waals surface area contributed by atoms with E-state index in [0.717, 1.165) is 44.2 Å². The first-order chi connectivity index (χ1) is 11.1. The average Bonchev–Trinajstić information content (AvgIpc) is 3.34. The van der Waals surface area contributed by atoms with E-state index in [1.807, 2.05) is 4.90 Å². The second-order valence-corrected chi connectivity index (χ2v) is 7.39. The van der Waals surface area contributed by atoms with Crippen molar-refractivity contribution in [2.75, 3.05) is 13.1 Å². The smallest absolute Gasteiger partial charge is 0.219 e. The summed E-state index contributed by atoms with van der Waals surface area (Å²) in [5.74, 6) is 1.69. The molecule has 1 aliphatic carbocycles. The topological polar surface area (TPSA) is 44.1 Å². The third kappa shape index (κ3) is 3.75. The average molecular weight is 310 g/mol. The van der Waals surface area contributed by atoms with Crippen LogP contribution in [0, 0.1) is 22.7 Å². The summed E-state index contributed by atoms with van der Waals surface area (Å²) in [7, 11) is 0. The number of benzene rings is 1.